The molecule has 0 saturated heterocycles. The molecule has 0 aliphatic carbocycles. The molecule has 0 fully saturated rings. The van der Waals surface area contributed by atoms with Crippen molar-refractivity contribution in [3.63, 3.8) is 0 Å². The minimum Gasteiger partial charge on any atom is -0.493 e. The van der Waals surface area contributed by atoms with E-state index in [2.05, 4.69) is 5.10 Å². The summed E-state index contributed by atoms with van der Waals surface area (Å²) in [6.07, 6.45) is 4.42. The number of nitrogens with zero attached hydrogens (tertiary/aromatic N) is 2. The molecule has 0 saturated carbocycles. The van der Waals surface area contributed by atoms with E-state index in [1.807, 2.05) is 43.6 Å². The van der Waals surface area contributed by atoms with Crippen LogP contribution >= 0.6 is 0 Å². The first-order valence-corrected chi connectivity index (χ1v) is 5.91. The van der Waals surface area contributed by atoms with Crippen LogP contribution in [0.15, 0.2) is 42.7 Å². The summed E-state index contributed by atoms with van der Waals surface area (Å²) in [7, 11) is 1.84. The van der Waals surface area contributed by atoms with Gasteiger partial charge in [0.15, 0.2) is 0 Å². The molecule has 0 bridgehead atoms. The Bertz CT molecular complexity index is 506. The molecule has 94 valence electrons. The highest BCUT2D eigenvalue weighted by Gasteiger charge is 2.05. The van der Waals surface area contributed by atoms with E-state index in [-0.39, 0.29) is 5.78 Å². The van der Waals surface area contributed by atoms with Crippen LogP contribution in [0.25, 0.3) is 0 Å². The summed E-state index contributed by atoms with van der Waals surface area (Å²) in [5.41, 5.74) is 0.946. The first kappa shape index (κ1) is 12.4. The number of aromatic nitrogens is 2. The Labute approximate surface area is 106 Å². The van der Waals surface area contributed by atoms with Crippen molar-refractivity contribution in [1.82, 2.24) is 9.78 Å². The van der Waals surface area contributed by atoms with Crippen LogP contribution in [0.2, 0.25) is 0 Å². The standard InChI is InChI=1S/C14H16N2O2/c1-16-11-12(10-15-16)9-13(17)7-8-18-14-5-3-2-4-6-14/h2-6,10-11H,7-9H2,1H3. The van der Waals surface area contributed by atoms with Gasteiger partial charge in [-0.25, -0.2) is 0 Å². The van der Waals surface area contributed by atoms with Crippen molar-refractivity contribution in [1.29, 1.82) is 0 Å². The Morgan fingerprint density at radius 3 is 2.78 bits per heavy atom. The molecule has 1 aromatic heterocycles. The van der Waals surface area contributed by atoms with Gasteiger partial charge in [-0.15, -0.1) is 0 Å². The normalized spacial score (nSPS) is 10.3. The SMILES string of the molecule is Cn1cc(CC(=O)CCOc2ccccc2)cn1. The Morgan fingerprint density at radius 2 is 2.11 bits per heavy atom. The average molecular weight is 244 g/mol. The number of carbonyl (C=O) groups is 1. The highest BCUT2D eigenvalue weighted by molar-refractivity contribution is 5.80. The fourth-order valence-corrected chi connectivity index (χ4v) is 1.68. The molecule has 4 heteroatoms. The minimum atomic E-state index is 0.166. The fourth-order valence-electron chi connectivity index (χ4n) is 1.68. The van der Waals surface area contributed by atoms with E-state index in [0.717, 1.165) is 11.3 Å². The van der Waals surface area contributed by atoms with Crippen LogP contribution in [0.3, 0.4) is 0 Å². The molecule has 18 heavy (non-hydrogen) atoms. The van der Waals surface area contributed by atoms with Crippen molar-refractivity contribution in [2.75, 3.05) is 6.61 Å². The zero-order valence-corrected chi connectivity index (χ0v) is 10.4. The highest BCUT2D eigenvalue weighted by Crippen LogP contribution is 2.09. The summed E-state index contributed by atoms with van der Waals surface area (Å²) in [4.78, 5) is 11.7. The van der Waals surface area contributed by atoms with Crippen molar-refractivity contribution in [3.8, 4) is 5.75 Å². The van der Waals surface area contributed by atoms with Gasteiger partial charge in [0, 0.05) is 26.1 Å². The van der Waals surface area contributed by atoms with Crippen molar-refractivity contribution >= 4 is 5.78 Å². The Morgan fingerprint density at radius 1 is 1.33 bits per heavy atom. The van der Waals surface area contributed by atoms with Gasteiger partial charge in [0.25, 0.3) is 0 Å². The highest BCUT2D eigenvalue weighted by atomic mass is 16.5. The van der Waals surface area contributed by atoms with E-state index in [9.17, 15) is 4.79 Å². The van der Waals surface area contributed by atoms with E-state index in [0.29, 0.717) is 19.4 Å². The second-order valence-electron chi connectivity index (χ2n) is 4.15. The van der Waals surface area contributed by atoms with Crippen LogP contribution in [-0.2, 0) is 18.3 Å². The summed E-state index contributed by atoms with van der Waals surface area (Å²) >= 11 is 0. The Hall–Kier alpha value is -2.10. The van der Waals surface area contributed by atoms with Gasteiger partial charge in [0.05, 0.1) is 12.8 Å². The third-order valence-corrected chi connectivity index (χ3v) is 2.55. The summed E-state index contributed by atoms with van der Waals surface area (Å²) < 4.78 is 7.18. The van der Waals surface area contributed by atoms with Crippen molar-refractivity contribution in [3.05, 3.63) is 48.3 Å². The molecule has 4 nitrogen and oxygen atoms in total. The van der Waals surface area contributed by atoms with Gasteiger partial charge in [0.2, 0.25) is 0 Å². The molecule has 1 heterocycles. The number of carbonyl (C=O) groups excluding carboxylic acids is 1. The second-order valence-corrected chi connectivity index (χ2v) is 4.15. The number of ketones is 1. The lowest BCUT2D eigenvalue weighted by atomic mass is 10.1. The van der Waals surface area contributed by atoms with Gasteiger partial charge >= 0.3 is 0 Å². The number of ether oxygens (including phenoxy) is 1. The topological polar surface area (TPSA) is 44.1 Å². The van der Waals surface area contributed by atoms with Crippen LogP contribution in [-0.4, -0.2) is 22.2 Å². The van der Waals surface area contributed by atoms with Gasteiger partial charge in [-0.2, -0.15) is 5.10 Å². The summed E-state index contributed by atoms with van der Waals surface area (Å²) in [5.74, 6) is 0.964. The van der Waals surface area contributed by atoms with Crippen LogP contribution in [0, 0.1) is 0 Å². The Balaban J connectivity index is 1.72. The van der Waals surface area contributed by atoms with Crippen molar-refractivity contribution < 1.29 is 9.53 Å². The van der Waals surface area contributed by atoms with Crippen LogP contribution in [0.5, 0.6) is 5.75 Å². The zero-order chi connectivity index (χ0) is 12.8. The monoisotopic (exact) mass is 244 g/mol. The van der Waals surface area contributed by atoms with Gasteiger partial charge in [-0.05, 0) is 17.7 Å². The average Bonchev–Trinajstić information content (AvgIpc) is 2.76. The van der Waals surface area contributed by atoms with Gasteiger partial charge < -0.3 is 4.74 Å². The fraction of sp³-hybridized carbons (Fsp3) is 0.286. The van der Waals surface area contributed by atoms with Crippen molar-refractivity contribution in [2.45, 2.75) is 12.8 Å². The quantitative estimate of drug-likeness (QED) is 0.780. The van der Waals surface area contributed by atoms with Crippen LogP contribution in [0.4, 0.5) is 0 Å². The molecule has 0 spiro atoms. The van der Waals surface area contributed by atoms with Gasteiger partial charge in [-0.1, -0.05) is 18.2 Å². The minimum absolute atomic E-state index is 0.166. The molecular weight excluding hydrogens is 228 g/mol. The number of benzene rings is 1. The molecule has 0 radical (unpaired) electrons. The predicted octanol–water partition coefficient (Wildman–Crippen LogP) is 2.00. The summed E-state index contributed by atoms with van der Waals surface area (Å²) in [5, 5.41) is 4.03. The number of rotatable bonds is 6. The molecule has 0 aliphatic rings. The molecule has 0 N–H and O–H groups in total. The van der Waals surface area contributed by atoms with Crippen LogP contribution < -0.4 is 4.74 Å². The predicted molar refractivity (Wildman–Crippen MR) is 68.5 cm³/mol. The largest absolute Gasteiger partial charge is 0.493 e. The molecular formula is C14H16N2O2. The maximum absolute atomic E-state index is 11.7. The van der Waals surface area contributed by atoms with Gasteiger partial charge in [0.1, 0.15) is 11.5 Å². The lowest BCUT2D eigenvalue weighted by molar-refractivity contribution is -0.118. The molecule has 2 aromatic rings. The number of para-hydroxylation sites is 1. The third-order valence-electron chi connectivity index (χ3n) is 2.55. The third kappa shape index (κ3) is 3.73. The van der Waals surface area contributed by atoms with Gasteiger partial charge in [-0.3, -0.25) is 9.48 Å². The van der Waals surface area contributed by atoms with E-state index in [1.54, 1.807) is 10.9 Å². The summed E-state index contributed by atoms with van der Waals surface area (Å²) in [6.45, 7) is 0.420. The number of aryl methyl sites for hydroxylation is 1. The molecule has 1 aromatic carbocycles. The first-order chi connectivity index (χ1) is 8.74. The van der Waals surface area contributed by atoms with Crippen molar-refractivity contribution in [2.24, 2.45) is 7.05 Å². The summed E-state index contributed by atoms with van der Waals surface area (Å²) in [6, 6.07) is 9.51. The molecule has 0 aliphatic heterocycles. The number of Topliss-reactive ketones (excluding diaryl/α,β-unsaturated/α-hetero) is 1. The number of hydrogen-bond acceptors (Lipinski definition) is 3. The lowest BCUT2D eigenvalue weighted by Crippen LogP contribution is -2.08. The van der Waals surface area contributed by atoms with E-state index in [4.69, 9.17) is 4.74 Å². The van der Waals surface area contributed by atoms with E-state index in [1.165, 1.54) is 0 Å². The molecule has 2 rings (SSSR count). The molecule has 0 atom stereocenters. The van der Waals surface area contributed by atoms with Crippen LogP contribution in [0.1, 0.15) is 12.0 Å². The lowest BCUT2D eigenvalue weighted by Gasteiger charge is -2.04. The van der Waals surface area contributed by atoms with E-state index < -0.39 is 0 Å². The maximum atomic E-state index is 11.7. The second kappa shape index (κ2) is 6.00. The zero-order valence-electron chi connectivity index (χ0n) is 10.4. The number of hydrogen-bond donors (Lipinski definition) is 0. The molecule has 0 amide bonds. The maximum Gasteiger partial charge on any atom is 0.140 e. The first-order valence-electron chi connectivity index (χ1n) is 5.91. The molecule has 0 unspecified atom stereocenters. The Kier molecular flexibility index (Phi) is 4.12. The van der Waals surface area contributed by atoms with E-state index >= 15 is 0 Å². The smallest absolute Gasteiger partial charge is 0.140 e.